The van der Waals surface area contributed by atoms with Gasteiger partial charge in [0.15, 0.2) is 0 Å². The Morgan fingerprint density at radius 2 is 2.40 bits per heavy atom. The Labute approximate surface area is 66.8 Å². The van der Waals surface area contributed by atoms with Gasteiger partial charge < -0.3 is 5.32 Å². The van der Waals surface area contributed by atoms with Crippen LogP contribution in [0.25, 0.3) is 0 Å². The summed E-state index contributed by atoms with van der Waals surface area (Å²) in [5.74, 6) is 0. The zero-order valence-electron chi connectivity index (χ0n) is 5.28. The zero-order valence-corrected chi connectivity index (χ0v) is 6.91. The van der Waals surface area contributed by atoms with E-state index in [9.17, 15) is 0 Å². The van der Waals surface area contributed by atoms with Crippen LogP contribution in [0.15, 0.2) is 33.4 Å². The van der Waals surface area contributed by atoms with E-state index < -0.39 is 0 Å². The molecule has 0 saturated carbocycles. The molecule has 0 bridgehead atoms. The van der Waals surface area contributed by atoms with Gasteiger partial charge >= 0.3 is 0 Å². The minimum Gasteiger partial charge on any atom is -0.361 e. The third-order valence-corrected chi connectivity index (χ3v) is 4.16. The smallest absolute Gasteiger partial charge is 0.0602 e. The Morgan fingerprint density at radius 3 is 3.40 bits per heavy atom. The van der Waals surface area contributed by atoms with Crippen molar-refractivity contribution in [2.24, 2.45) is 0 Å². The Morgan fingerprint density at radius 1 is 1.40 bits per heavy atom. The highest BCUT2D eigenvalue weighted by Crippen LogP contribution is 2.39. The maximum atomic E-state index is 3.11. The van der Waals surface area contributed by atoms with E-state index in [1.165, 1.54) is 4.24 Å². The van der Waals surface area contributed by atoms with Crippen molar-refractivity contribution in [3.63, 3.8) is 0 Å². The fourth-order valence-corrected chi connectivity index (χ4v) is 3.15. The molecule has 0 saturated heterocycles. The fraction of sp³-hybridized carbons (Fsp3) is 0. The molecule has 1 N–H and O–H groups in total. The highest BCUT2D eigenvalue weighted by molar-refractivity contribution is 8.33. The summed E-state index contributed by atoms with van der Waals surface area (Å²) in [5, 5.41) is 7.43. The van der Waals surface area contributed by atoms with Gasteiger partial charge in [0.2, 0.25) is 0 Å². The van der Waals surface area contributed by atoms with Crippen molar-refractivity contribution in [2.75, 3.05) is 0 Å². The average Bonchev–Trinajstić information content (AvgIpc) is 2.28. The van der Waals surface area contributed by atoms with Crippen LogP contribution in [0.1, 0.15) is 0 Å². The number of fused-ring (bicyclic) bond motifs is 1. The molecule has 1 unspecified atom stereocenters. The largest absolute Gasteiger partial charge is 0.361 e. The molecule has 0 aromatic heterocycles. The van der Waals surface area contributed by atoms with Crippen LogP contribution in [0.3, 0.4) is 0 Å². The topological polar surface area (TPSA) is 12.0 Å². The summed E-state index contributed by atoms with van der Waals surface area (Å²) in [5.41, 5.74) is 2.12. The van der Waals surface area contributed by atoms with Crippen LogP contribution in [-0.2, 0) is 0 Å². The second-order valence-corrected chi connectivity index (χ2v) is 4.79. The van der Waals surface area contributed by atoms with Gasteiger partial charge in [-0.05, 0) is 10.8 Å². The van der Waals surface area contributed by atoms with Gasteiger partial charge in [0.05, 0.1) is 4.24 Å². The molecule has 2 heterocycles. The van der Waals surface area contributed by atoms with E-state index in [1.807, 2.05) is 0 Å². The van der Waals surface area contributed by atoms with Gasteiger partial charge in [0, 0.05) is 11.7 Å². The predicted octanol–water partition coefficient (Wildman–Crippen LogP) is 2.19. The van der Waals surface area contributed by atoms with Crippen molar-refractivity contribution < 1.29 is 0 Å². The van der Waals surface area contributed by atoms with Crippen molar-refractivity contribution >= 4 is 27.7 Å². The molecule has 1 nitrogen and oxygen atoms in total. The van der Waals surface area contributed by atoms with Crippen LogP contribution in [-0.4, -0.2) is 5.49 Å². The molecule has 2 rings (SSSR count). The number of thioether (sulfide) groups is 1. The summed E-state index contributed by atoms with van der Waals surface area (Å²) < 4.78 is 1.41. The molecule has 3 heteroatoms. The SMILES string of the molecule is C1=CSC2=CNC=S2C=C1. The molecular weight excluding hydrogens is 162 g/mol. The van der Waals surface area contributed by atoms with Crippen molar-refractivity contribution in [3.05, 3.63) is 33.4 Å². The normalized spacial score (nSPS) is 28.0. The predicted molar refractivity (Wildman–Crippen MR) is 50.7 cm³/mol. The van der Waals surface area contributed by atoms with Gasteiger partial charge in [0.1, 0.15) is 0 Å². The Bertz CT molecular complexity index is 261. The summed E-state index contributed by atoms with van der Waals surface area (Å²) in [7, 11) is 0.242. The number of hydrogen-bond acceptors (Lipinski definition) is 2. The summed E-state index contributed by atoms with van der Waals surface area (Å²) in [6, 6.07) is 0. The monoisotopic (exact) mass is 169 g/mol. The van der Waals surface area contributed by atoms with Crippen molar-refractivity contribution in [2.45, 2.75) is 0 Å². The van der Waals surface area contributed by atoms with E-state index in [4.69, 9.17) is 0 Å². The first-order valence-corrected chi connectivity index (χ1v) is 5.21. The van der Waals surface area contributed by atoms with Gasteiger partial charge in [-0.1, -0.05) is 23.9 Å². The van der Waals surface area contributed by atoms with Gasteiger partial charge in [-0.15, -0.1) is 10.5 Å². The van der Waals surface area contributed by atoms with E-state index >= 15 is 0 Å². The molecule has 0 fully saturated rings. The van der Waals surface area contributed by atoms with E-state index in [0.29, 0.717) is 0 Å². The zero-order chi connectivity index (χ0) is 6.81. The van der Waals surface area contributed by atoms with E-state index in [1.54, 1.807) is 11.8 Å². The van der Waals surface area contributed by atoms with Crippen LogP contribution in [0, 0.1) is 0 Å². The van der Waals surface area contributed by atoms with Gasteiger partial charge in [-0.3, -0.25) is 0 Å². The molecule has 1 atom stereocenters. The molecule has 52 valence electrons. The summed E-state index contributed by atoms with van der Waals surface area (Å²) in [4.78, 5) is 0. The van der Waals surface area contributed by atoms with E-state index in [2.05, 4.69) is 40.0 Å². The maximum Gasteiger partial charge on any atom is 0.0602 e. The lowest BCUT2D eigenvalue weighted by atomic mass is 10.6. The minimum absolute atomic E-state index is 0.242. The second-order valence-electron chi connectivity index (χ2n) is 1.89. The second kappa shape index (κ2) is 2.68. The molecule has 0 radical (unpaired) electrons. The quantitative estimate of drug-likeness (QED) is 0.558. The van der Waals surface area contributed by atoms with Crippen molar-refractivity contribution in [3.8, 4) is 0 Å². The first-order chi connectivity index (χ1) is 4.97. The molecule has 2 aliphatic rings. The molecule has 0 aliphatic carbocycles. The van der Waals surface area contributed by atoms with Crippen molar-refractivity contribution in [1.82, 2.24) is 5.32 Å². The Kier molecular flexibility index (Phi) is 1.69. The first-order valence-electron chi connectivity index (χ1n) is 2.98. The van der Waals surface area contributed by atoms with E-state index in [0.717, 1.165) is 0 Å². The molecule has 10 heavy (non-hydrogen) atoms. The molecule has 0 aromatic rings. The molecule has 0 aromatic carbocycles. The van der Waals surface area contributed by atoms with Crippen LogP contribution >= 0.6 is 22.2 Å². The molecule has 0 amide bonds. The Balaban J connectivity index is 2.37. The number of allylic oxidation sites excluding steroid dienone is 2. The highest BCUT2D eigenvalue weighted by Gasteiger charge is 2.05. The van der Waals surface area contributed by atoms with Crippen molar-refractivity contribution in [1.29, 1.82) is 0 Å². The van der Waals surface area contributed by atoms with E-state index in [-0.39, 0.29) is 10.5 Å². The third kappa shape index (κ3) is 1.07. The maximum absolute atomic E-state index is 3.11. The lowest BCUT2D eigenvalue weighted by Gasteiger charge is -1.95. The minimum atomic E-state index is 0.242. The first kappa shape index (κ1) is 6.31. The summed E-state index contributed by atoms with van der Waals surface area (Å²) in [6.07, 6.45) is 6.24. The summed E-state index contributed by atoms with van der Waals surface area (Å²) >= 11 is 1.79. The summed E-state index contributed by atoms with van der Waals surface area (Å²) in [6.45, 7) is 0. The lowest BCUT2D eigenvalue weighted by Crippen LogP contribution is -1.92. The standard InChI is InChI=1S/C7H7NS2/c1-2-4-10-6-8-5-7(10)9-3-1/h1-6,8H. The van der Waals surface area contributed by atoms with Crippen LogP contribution in [0.5, 0.6) is 0 Å². The van der Waals surface area contributed by atoms with Gasteiger partial charge in [-0.2, -0.15) is 0 Å². The molecule has 2 aliphatic heterocycles. The van der Waals surface area contributed by atoms with Gasteiger partial charge in [0.25, 0.3) is 0 Å². The fourth-order valence-electron chi connectivity index (χ4n) is 0.779. The number of rotatable bonds is 0. The lowest BCUT2D eigenvalue weighted by molar-refractivity contribution is 1.37. The molecular formula is C7H7NS2. The molecule has 0 spiro atoms. The number of hydrogen-bond donors (Lipinski definition) is 1. The van der Waals surface area contributed by atoms with Crippen LogP contribution < -0.4 is 5.32 Å². The highest BCUT2D eigenvalue weighted by atomic mass is 32.2. The van der Waals surface area contributed by atoms with Gasteiger partial charge in [-0.25, -0.2) is 0 Å². The Hall–Kier alpha value is -0.410. The average molecular weight is 169 g/mol. The third-order valence-electron chi connectivity index (χ3n) is 1.23. The van der Waals surface area contributed by atoms with Crippen LogP contribution in [0.4, 0.5) is 0 Å². The number of nitrogens with one attached hydrogen (secondary N) is 1. The van der Waals surface area contributed by atoms with Crippen LogP contribution in [0.2, 0.25) is 0 Å².